The molecule has 7 nitrogen and oxygen atoms in total. The zero-order valence-electron chi connectivity index (χ0n) is 17.6. The van der Waals surface area contributed by atoms with Gasteiger partial charge in [0.05, 0.1) is 17.0 Å². The van der Waals surface area contributed by atoms with E-state index in [1.54, 1.807) is 36.4 Å². The topological polar surface area (TPSA) is 83.9 Å². The van der Waals surface area contributed by atoms with Crippen LogP contribution in [0.1, 0.15) is 20.7 Å². The van der Waals surface area contributed by atoms with Gasteiger partial charge in [-0.25, -0.2) is 0 Å². The summed E-state index contributed by atoms with van der Waals surface area (Å²) < 4.78 is 1.91. The minimum Gasteiger partial charge on any atom is -0.360 e. The van der Waals surface area contributed by atoms with Gasteiger partial charge in [-0.2, -0.15) is 0 Å². The molecule has 166 valence electrons. The Hall–Kier alpha value is -3.88. The molecule has 3 heterocycles. The molecule has 0 atom stereocenters. The monoisotopic (exact) mass is 485 g/mol. The number of hydrogen-bond acceptors (Lipinski definition) is 5. The molecule has 0 radical (unpaired) electrons. The molecule has 2 aromatic heterocycles. The second kappa shape index (κ2) is 8.16. The lowest BCUT2D eigenvalue weighted by atomic mass is 10.1. The van der Waals surface area contributed by atoms with E-state index in [0.29, 0.717) is 27.1 Å². The van der Waals surface area contributed by atoms with E-state index >= 15 is 0 Å². The van der Waals surface area contributed by atoms with E-state index in [9.17, 15) is 9.59 Å². The van der Waals surface area contributed by atoms with Crippen molar-refractivity contribution in [1.29, 1.82) is 0 Å². The quantitative estimate of drug-likeness (QED) is 0.265. The Kier molecular flexibility index (Phi) is 4.97. The number of H-pyrrole nitrogens is 1. The Bertz CT molecular complexity index is 1540. The Labute approximate surface area is 203 Å². The van der Waals surface area contributed by atoms with Gasteiger partial charge < -0.3 is 4.98 Å². The van der Waals surface area contributed by atoms with Crippen molar-refractivity contribution in [1.82, 2.24) is 24.6 Å². The van der Waals surface area contributed by atoms with E-state index in [0.717, 1.165) is 22.2 Å². The molecule has 1 aliphatic heterocycles. The van der Waals surface area contributed by atoms with Crippen molar-refractivity contribution in [3.63, 3.8) is 0 Å². The molecule has 5 aromatic rings. The lowest BCUT2D eigenvalue weighted by molar-refractivity contribution is 0.0684. The van der Waals surface area contributed by atoms with Crippen molar-refractivity contribution in [3.8, 4) is 17.1 Å². The average Bonchev–Trinajstić information content (AvgIpc) is 3.54. The number of halogens is 1. The van der Waals surface area contributed by atoms with Gasteiger partial charge >= 0.3 is 0 Å². The highest BCUT2D eigenvalue weighted by Gasteiger charge is 2.35. The maximum atomic E-state index is 12.8. The van der Waals surface area contributed by atoms with Gasteiger partial charge in [-0.3, -0.25) is 19.1 Å². The fraction of sp³-hybridized carbons (Fsp3) is 0.0400. The zero-order valence-corrected chi connectivity index (χ0v) is 19.2. The van der Waals surface area contributed by atoms with Crippen LogP contribution in [-0.4, -0.2) is 42.3 Å². The number of carbonyl (C=O) groups is 2. The van der Waals surface area contributed by atoms with E-state index in [4.69, 9.17) is 11.6 Å². The van der Waals surface area contributed by atoms with Gasteiger partial charge in [0.1, 0.15) is 0 Å². The summed E-state index contributed by atoms with van der Waals surface area (Å²) in [6.07, 6.45) is 1.90. The van der Waals surface area contributed by atoms with E-state index in [2.05, 4.69) is 15.2 Å². The number of carbonyl (C=O) groups excluding carboxylic acids is 2. The average molecular weight is 486 g/mol. The van der Waals surface area contributed by atoms with Crippen LogP contribution in [0.3, 0.4) is 0 Å². The van der Waals surface area contributed by atoms with Crippen LogP contribution in [0, 0.1) is 0 Å². The number of para-hydroxylation sites is 1. The van der Waals surface area contributed by atoms with Gasteiger partial charge in [-0.05, 0) is 42.5 Å². The van der Waals surface area contributed by atoms with Gasteiger partial charge in [0.25, 0.3) is 11.8 Å². The van der Waals surface area contributed by atoms with E-state index < -0.39 is 0 Å². The minimum absolute atomic E-state index is 0.117. The Morgan fingerprint density at radius 3 is 2.24 bits per heavy atom. The van der Waals surface area contributed by atoms with Crippen LogP contribution < -0.4 is 0 Å². The first kappa shape index (κ1) is 20.7. The van der Waals surface area contributed by atoms with Gasteiger partial charge in [-0.1, -0.05) is 53.7 Å². The lowest BCUT2D eigenvalue weighted by Gasteiger charge is -2.14. The molecule has 0 unspecified atom stereocenters. The first-order chi connectivity index (χ1) is 16.6. The number of nitrogens with zero attached hydrogens (tertiary/aromatic N) is 4. The van der Waals surface area contributed by atoms with Crippen molar-refractivity contribution in [2.24, 2.45) is 0 Å². The predicted molar refractivity (Wildman–Crippen MR) is 131 cm³/mol. The van der Waals surface area contributed by atoms with Crippen molar-refractivity contribution >= 4 is 46.1 Å². The third kappa shape index (κ3) is 3.30. The number of aromatic nitrogens is 4. The molecule has 6 rings (SSSR count). The van der Waals surface area contributed by atoms with Crippen molar-refractivity contribution in [2.45, 2.75) is 5.16 Å². The van der Waals surface area contributed by atoms with E-state index in [1.165, 1.54) is 16.7 Å². The number of benzene rings is 3. The Morgan fingerprint density at radius 1 is 0.824 bits per heavy atom. The number of fused-ring (bicyclic) bond motifs is 2. The number of hydrogen-bond donors (Lipinski definition) is 1. The summed E-state index contributed by atoms with van der Waals surface area (Å²) in [5, 5.41) is 11.1. The van der Waals surface area contributed by atoms with Gasteiger partial charge in [-0.15, -0.1) is 10.2 Å². The summed E-state index contributed by atoms with van der Waals surface area (Å²) in [6, 6.07) is 22.2. The highest BCUT2D eigenvalue weighted by Crippen LogP contribution is 2.34. The molecular formula is C25H16ClN5O2S. The van der Waals surface area contributed by atoms with Crippen LogP contribution in [0.5, 0.6) is 0 Å². The summed E-state index contributed by atoms with van der Waals surface area (Å²) in [6.45, 7) is 0. The second-order valence-corrected chi connectivity index (χ2v) is 9.07. The fourth-order valence-corrected chi connectivity index (χ4v) is 5.12. The fourth-order valence-electron chi connectivity index (χ4n) is 4.10. The number of imide groups is 1. The van der Waals surface area contributed by atoms with Crippen LogP contribution in [0.4, 0.5) is 0 Å². The molecule has 0 saturated carbocycles. The van der Waals surface area contributed by atoms with Crippen LogP contribution >= 0.6 is 23.4 Å². The lowest BCUT2D eigenvalue weighted by Crippen LogP contribution is -2.29. The number of rotatable bonds is 5. The summed E-state index contributed by atoms with van der Waals surface area (Å²) in [4.78, 5) is 30.1. The number of thioether (sulfide) groups is 1. The maximum Gasteiger partial charge on any atom is 0.262 e. The molecule has 1 aliphatic rings. The standard InChI is InChI=1S/C25H16ClN5O2S/c26-15-9-11-16(12-10-15)31-22(20-13-27-21-8-4-3-5-17(20)21)28-29-25(31)34-14-30-23(32)18-6-1-2-7-19(18)24(30)33/h1-13,27H,14H2. The Morgan fingerprint density at radius 2 is 1.50 bits per heavy atom. The summed E-state index contributed by atoms with van der Waals surface area (Å²) in [7, 11) is 0. The number of nitrogens with one attached hydrogen (secondary N) is 1. The minimum atomic E-state index is -0.303. The van der Waals surface area contributed by atoms with Crippen LogP contribution in [0.2, 0.25) is 5.02 Å². The van der Waals surface area contributed by atoms with Gasteiger partial charge in [0.2, 0.25) is 0 Å². The maximum absolute atomic E-state index is 12.8. The van der Waals surface area contributed by atoms with Crippen LogP contribution in [0.15, 0.2) is 84.1 Å². The third-order valence-corrected chi connectivity index (χ3v) is 6.91. The molecule has 9 heteroatoms. The molecule has 2 amide bonds. The normalized spacial score (nSPS) is 13.1. The smallest absolute Gasteiger partial charge is 0.262 e. The van der Waals surface area contributed by atoms with Gasteiger partial charge in [0.15, 0.2) is 11.0 Å². The first-order valence-corrected chi connectivity index (χ1v) is 11.8. The van der Waals surface area contributed by atoms with Crippen molar-refractivity contribution in [3.05, 3.63) is 95.1 Å². The highest BCUT2D eigenvalue weighted by atomic mass is 35.5. The van der Waals surface area contributed by atoms with Gasteiger partial charge in [0, 0.05) is 33.4 Å². The number of aromatic amines is 1. The molecule has 1 N–H and O–H groups in total. The predicted octanol–water partition coefficient (Wildman–Crippen LogP) is 5.41. The molecule has 0 saturated heterocycles. The Balaban J connectivity index is 1.39. The largest absolute Gasteiger partial charge is 0.360 e. The molecule has 3 aromatic carbocycles. The molecule has 34 heavy (non-hydrogen) atoms. The highest BCUT2D eigenvalue weighted by molar-refractivity contribution is 7.99. The third-order valence-electron chi connectivity index (χ3n) is 5.75. The molecule has 0 aliphatic carbocycles. The second-order valence-electron chi connectivity index (χ2n) is 7.72. The molecule has 0 spiro atoms. The number of amides is 2. The molecule has 0 bridgehead atoms. The molecule has 0 fully saturated rings. The van der Waals surface area contributed by atoms with E-state index in [-0.39, 0.29) is 17.7 Å². The van der Waals surface area contributed by atoms with Crippen LogP contribution in [-0.2, 0) is 0 Å². The molecular weight excluding hydrogens is 470 g/mol. The summed E-state index contributed by atoms with van der Waals surface area (Å²) >= 11 is 7.40. The zero-order chi connectivity index (χ0) is 23.2. The van der Waals surface area contributed by atoms with E-state index in [1.807, 2.05) is 47.2 Å². The van der Waals surface area contributed by atoms with Crippen molar-refractivity contribution < 1.29 is 9.59 Å². The first-order valence-electron chi connectivity index (χ1n) is 10.5. The summed E-state index contributed by atoms with van der Waals surface area (Å²) in [5.41, 5.74) is 3.55. The van der Waals surface area contributed by atoms with Crippen LogP contribution in [0.25, 0.3) is 28.0 Å². The SMILES string of the molecule is O=C1c2ccccc2C(=O)N1CSc1nnc(-c2c[nH]c3ccccc23)n1-c1ccc(Cl)cc1. The summed E-state index contributed by atoms with van der Waals surface area (Å²) in [5.74, 6) is 0.154. The van der Waals surface area contributed by atoms with Crippen molar-refractivity contribution in [2.75, 3.05) is 5.88 Å².